The van der Waals surface area contributed by atoms with Crippen LogP contribution in [0.25, 0.3) is 10.2 Å². The molecule has 1 amide bonds. The maximum absolute atomic E-state index is 14.1. The number of anilines is 1. The highest BCUT2D eigenvalue weighted by Gasteiger charge is 2.23. The van der Waals surface area contributed by atoms with E-state index in [1.807, 2.05) is 42.5 Å². The number of fused-ring (bicyclic) bond motifs is 1. The third-order valence-electron chi connectivity index (χ3n) is 3.80. The zero-order valence-electron chi connectivity index (χ0n) is 13.4. The molecule has 0 aliphatic carbocycles. The number of benzene rings is 2. The summed E-state index contributed by atoms with van der Waals surface area (Å²) in [6, 6.07) is 18.2. The molecule has 0 bridgehead atoms. The molecule has 2 heterocycles. The average Bonchev–Trinajstić information content (AvgIpc) is 3.27. The summed E-state index contributed by atoms with van der Waals surface area (Å²) in [7, 11) is 0. The van der Waals surface area contributed by atoms with Crippen molar-refractivity contribution in [1.29, 1.82) is 0 Å². The quantitative estimate of drug-likeness (QED) is 0.379. The number of para-hydroxylation sites is 1. The second-order valence-corrected chi connectivity index (χ2v) is 9.04. The van der Waals surface area contributed by atoms with E-state index in [4.69, 9.17) is 0 Å². The van der Waals surface area contributed by atoms with Crippen molar-refractivity contribution in [2.24, 2.45) is 0 Å². The Kier molecular flexibility index (Phi) is 4.84. The van der Waals surface area contributed by atoms with Gasteiger partial charge in [0.25, 0.3) is 5.91 Å². The van der Waals surface area contributed by atoms with Crippen LogP contribution in [-0.2, 0) is 6.54 Å². The molecule has 3 nitrogen and oxygen atoms in total. The molecule has 0 saturated heterocycles. The van der Waals surface area contributed by atoms with Gasteiger partial charge in [0.15, 0.2) is 5.13 Å². The topological polar surface area (TPSA) is 33.2 Å². The zero-order chi connectivity index (χ0) is 18.1. The number of carbonyl (C=O) groups is 1. The summed E-state index contributed by atoms with van der Waals surface area (Å²) in [5, 5.41) is 0.489. The first-order chi connectivity index (χ1) is 12.6. The number of aromatic nitrogens is 1. The SMILES string of the molecule is O=C(c1ccc(Br)s1)N(Cc1ccccc1)c1nc2c(F)cccc2s1. The molecule has 0 aliphatic rings. The normalized spacial score (nSPS) is 11.0. The van der Waals surface area contributed by atoms with E-state index in [2.05, 4.69) is 20.9 Å². The maximum atomic E-state index is 14.1. The molecule has 4 rings (SSSR count). The first-order valence-electron chi connectivity index (χ1n) is 7.78. The summed E-state index contributed by atoms with van der Waals surface area (Å²) in [4.78, 5) is 19.7. The van der Waals surface area contributed by atoms with Crippen LogP contribution in [-0.4, -0.2) is 10.9 Å². The second kappa shape index (κ2) is 7.26. The van der Waals surface area contributed by atoms with Crippen molar-refractivity contribution in [2.45, 2.75) is 6.54 Å². The number of hydrogen-bond acceptors (Lipinski definition) is 4. The molecule has 0 radical (unpaired) electrons. The minimum absolute atomic E-state index is 0.149. The van der Waals surface area contributed by atoms with E-state index < -0.39 is 0 Å². The summed E-state index contributed by atoms with van der Waals surface area (Å²) in [6.45, 7) is 0.372. The molecule has 0 N–H and O–H groups in total. The van der Waals surface area contributed by atoms with Gasteiger partial charge in [-0.05, 0) is 45.8 Å². The van der Waals surface area contributed by atoms with E-state index >= 15 is 0 Å². The molecule has 0 aliphatic heterocycles. The lowest BCUT2D eigenvalue weighted by Crippen LogP contribution is -2.29. The van der Waals surface area contributed by atoms with Crippen LogP contribution >= 0.6 is 38.6 Å². The van der Waals surface area contributed by atoms with E-state index in [-0.39, 0.29) is 11.7 Å². The predicted octanol–water partition coefficient (Wildman–Crippen LogP) is 6.11. The fraction of sp³-hybridized carbons (Fsp3) is 0.0526. The Morgan fingerprint density at radius 1 is 1.04 bits per heavy atom. The fourth-order valence-corrected chi connectivity index (χ4v) is 4.89. The molecule has 2 aromatic carbocycles. The van der Waals surface area contributed by atoms with Crippen LogP contribution in [0.1, 0.15) is 15.2 Å². The van der Waals surface area contributed by atoms with Crippen LogP contribution in [0, 0.1) is 5.82 Å². The van der Waals surface area contributed by atoms with Gasteiger partial charge in [-0.25, -0.2) is 9.37 Å². The molecule has 130 valence electrons. The van der Waals surface area contributed by atoms with Gasteiger partial charge in [-0.3, -0.25) is 9.69 Å². The first kappa shape index (κ1) is 17.3. The molecular weight excluding hydrogens is 435 g/mol. The minimum Gasteiger partial charge on any atom is -0.279 e. The molecule has 4 aromatic rings. The number of thiazole rings is 1. The van der Waals surface area contributed by atoms with Gasteiger partial charge in [-0.15, -0.1) is 11.3 Å². The Hall–Kier alpha value is -2.09. The zero-order valence-corrected chi connectivity index (χ0v) is 16.6. The lowest BCUT2D eigenvalue weighted by atomic mass is 10.2. The highest BCUT2D eigenvalue weighted by atomic mass is 79.9. The van der Waals surface area contributed by atoms with Crippen LogP contribution in [0.15, 0.2) is 64.5 Å². The average molecular weight is 447 g/mol. The summed E-state index contributed by atoms with van der Waals surface area (Å²) in [5.41, 5.74) is 1.28. The number of carbonyl (C=O) groups excluding carboxylic acids is 1. The summed E-state index contributed by atoms with van der Waals surface area (Å²) in [6.07, 6.45) is 0. The van der Waals surface area contributed by atoms with Crippen molar-refractivity contribution in [3.05, 3.63) is 80.7 Å². The second-order valence-electron chi connectivity index (χ2n) is 5.56. The van der Waals surface area contributed by atoms with Crippen molar-refractivity contribution < 1.29 is 9.18 Å². The van der Waals surface area contributed by atoms with E-state index in [1.165, 1.54) is 28.7 Å². The third kappa shape index (κ3) is 3.42. The van der Waals surface area contributed by atoms with Crippen molar-refractivity contribution >= 4 is 59.9 Å². The molecule has 7 heteroatoms. The molecule has 0 spiro atoms. The van der Waals surface area contributed by atoms with Gasteiger partial charge in [0, 0.05) is 0 Å². The Bertz CT molecular complexity index is 1080. The van der Waals surface area contributed by atoms with Crippen LogP contribution < -0.4 is 4.90 Å². The summed E-state index contributed by atoms with van der Waals surface area (Å²) >= 11 is 6.08. The van der Waals surface area contributed by atoms with E-state index in [0.717, 1.165) is 14.0 Å². The Morgan fingerprint density at radius 2 is 1.85 bits per heavy atom. The predicted molar refractivity (Wildman–Crippen MR) is 109 cm³/mol. The van der Waals surface area contributed by atoms with E-state index in [1.54, 1.807) is 17.0 Å². The Morgan fingerprint density at radius 3 is 2.54 bits per heavy atom. The lowest BCUT2D eigenvalue weighted by Gasteiger charge is -2.19. The van der Waals surface area contributed by atoms with Gasteiger partial charge in [-0.1, -0.05) is 47.7 Å². The van der Waals surface area contributed by atoms with Crippen LogP contribution in [0.3, 0.4) is 0 Å². The molecule has 0 atom stereocenters. The van der Waals surface area contributed by atoms with Crippen molar-refractivity contribution in [3.63, 3.8) is 0 Å². The van der Waals surface area contributed by atoms with Gasteiger partial charge >= 0.3 is 0 Å². The number of halogens is 2. The van der Waals surface area contributed by atoms with Crippen LogP contribution in [0.5, 0.6) is 0 Å². The molecule has 2 aromatic heterocycles. The third-order valence-corrected chi connectivity index (χ3v) is 6.46. The van der Waals surface area contributed by atoms with Gasteiger partial charge < -0.3 is 0 Å². The highest BCUT2D eigenvalue weighted by Crippen LogP contribution is 2.33. The minimum atomic E-state index is -0.379. The fourth-order valence-electron chi connectivity index (χ4n) is 2.57. The van der Waals surface area contributed by atoms with Crippen LogP contribution in [0.4, 0.5) is 9.52 Å². The number of thiophene rings is 1. The molecule has 0 unspecified atom stereocenters. The standard InChI is InChI=1S/C19H12BrFN2OS2/c20-16-10-9-15(25-16)18(24)23(11-12-5-2-1-3-6-12)19-22-17-13(21)7-4-8-14(17)26-19/h1-10H,11H2. The van der Waals surface area contributed by atoms with E-state index in [0.29, 0.717) is 22.1 Å². The smallest absolute Gasteiger partial charge is 0.270 e. The van der Waals surface area contributed by atoms with E-state index in [9.17, 15) is 9.18 Å². The summed E-state index contributed by atoms with van der Waals surface area (Å²) in [5.74, 6) is -0.528. The van der Waals surface area contributed by atoms with Gasteiger partial charge in [-0.2, -0.15) is 0 Å². The number of rotatable bonds is 4. The van der Waals surface area contributed by atoms with Gasteiger partial charge in [0.05, 0.1) is 19.9 Å². The molecule has 0 fully saturated rings. The van der Waals surface area contributed by atoms with Crippen molar-refractivity contribution in [1.82, 2.24) is 4.98 Å². The number of amides is 1. The molecule has 26 heavy (non-hydrogen) atoms. The Labute approximate surface area is 165 Å². The lowest BCUT2D eigenvalue weighted by molar-refractivity contribution is 0.0989. The Balaban J connectivity index is 1.78. The number of hydrogen-bond donors (Lipinski definition) is 0. The van der Waals surface area contributed by atoms with Gasteiger partial charge in [0.2, 0.25) is 0 Å². The largest absolute Gasteiger partial charge is 0.279 e. The van der Waals surface area contributed by atoms with Gasteiger partial charge in [0.1, 0.15) is 11.3 Å². The maximum Gasteiger partial charge on any atom is 0.270 e. The highest BCUT2D eigenvalue weighted by molar-refractivity contribution is 9.11. The summed E-state index contributed by atoms with van der Waals surface area (Å²) < 4.78 is 15.7. The van der Waals surface area contributed by atoms with Crippen molar-refractivity contribution in [2.75, 3.05) is 4.90 Å². The molecular formula is C19H12BrFN2OS2. The molecule has 0 saturated carbocycles. The first-order valence-corrected chi connectivity index (χ1v) is 10.2. The number of nitrogens with zero attached hydrogens (tertiary/aromatic N) is 2. The van der Waals surface area contributed by atoms with Crippen molar-refractivity contribution in [3.8, 4) is 0 Å². The monoisotopic (exact) mass is 446 g/mol. The van der Waals surface area contributed by atoms with Crippen LogP contribution in [0.2, 0.25) is 0 Å².